The zero-order chi connectivity index (χ0) is 22.6. The second-order valence-corrected chi connectivity index (χ2v) is 8.69. The average Bonchev–Trinajstić information content (AvgIpc) is 3.55. The normalized spacial score (nSPS) is 30.7. The van der Waals surface area contributed by atoms with Crippen LogP contribution in [0.4, 0.5) is 9.18 Å². The molecule has 1 aromatic heterocycles. The smallest absolute Gasteiger partial charge is 0.317 e. The lowest BCUT2D eigenvalue weighted by molar-refractivity contribution is -0.142. The number of aromatic nitrogens is 3. The minimum absolute atomic E-state index is 0.0535. The summed E-state index contributed by atoms with van der Waals surface area (Å²) in [5, 5.41) is 13.3. The third-order valence-electron chi connectivity index (χ3n) is 6.97. The molecular formula is C20H23FN8O3. The van der Waals surface area contributed by atoms with Crippen molar-refractivity contribution in [2.45, 2.75) is 13.0 Å². The van der Waals surface area contributed by atoms with Crippen molar-refractivity contribution < 1.29 is 18.8 Å². The Hall–Kier alpha value is -3.57. The molecule has 32 heavy (non-hydrogen) atoms. The van der Waals surface area contributed by atoms with Gasteiger partial charge >= 0.3 is 6.03 Å². The Morgan fingerprint density at radius 1 is 1.19 bits per heavy atom. The lowest BCUT2D eigenvalue weighted by Crippen LogP contribution is -2.50. The molecule has 11 nitrogen and oxygen atoms in total. The van der Waals surface area contributed by atoms with E-state index < -0.39 is 29.0 Å². The van der Waals surface area contributed by atoms with Gasteiger partial charge in [-0.15, -0.1) is 5.10 Å². The summed E-state index contributed by atoms with van der Waals surface area (Å²) < 4.78 is 16.4. The largest absolute Gasteiger partial charge is 0.380 e. The summed E-state index contributed by atoms with van der Waals surface area (Å²) in [7, 11) is 1.58. The number of fused-ring (bicyclic) bond motifs is 2. The highest BCUT2D eigenvalue weighted by atomic mass is 19.1. The van der Waals surface area contributed by atoms with Crippen molar-refractivity contribution >= 4 is 23.6 Å². The molecule has 5 heterocycles. The number of nitrogens with one attached hydrogen (secondary N) is 2. The van der Waals surface area contributed by atoms with Gasteiger partial charge in [0.05, 0.1) is 24.0 Å². The highest BCUT2D eigenvalue weighted by molar-refractivity contribution is 6.43. The van der Waals surface area contributed by atoms with Crippen molar-refractivity contribution in [1.82, 2.24) is 35.4 Å². The van der Waals surface area contributed by atoms with Crippen LogP contribution in [-0.4, -0.2) is 87.6 Å². The Morgan fingerprint density at radius 3 is 2.50 bits per heavy atom. The Bertz CT molecular complexity index is 1070. The van der Waals surface area contributed by atoms with E-state index in [1.165, 1.54) is 22.0 Å². The monoisotopic (exact) mass is 442 g/mol. The number of nitrogens with zero attached hydrogens (tertiary/aromatic N) is 6. The van der Waals surface area contributed by atoms with E-state index in [0.717, 1.165) is 6.20 Å². The maximum absolute atomic E-state index is 15.0. The highest BCUT2D eigenvalue weighted by Gasteiger charge is 2.54. The van der Waals surface area contributed by atoms with Gasteiger partial charge in [-0.1, -0.05) is 5.21 Å². The molecule has 4 aliphatic rings. The molecule has 0 radical (unpaired) electrons. The molecule has 5 rings (SSSR count). The van der Waals surface area contributed by atoms with Crippen molar-refractivity contribution in [1.29, 1.82) is 0 Å². The van der Waals surface area contributed by atoms with Crippen molar-refractivity contribution in [2.24, 2.45) is 22.2 Å². The number of carbonyl (C=O) groups excluding carboxylic acids is 3. The summed E-state index contributed by atoms with van der Waals surface area (Å²) in [4.78, 5) is 45.5. The summed E-state index contributed by atoms with van der Waals surface area (Å²) in [6.45, 7) is 3.45. The average molecular weight is 442 g/mol. The Kier molecular flexibility index (Phi) is 4.60. The predicted octanol–water partition coefficient (Wildman–Crippen LogP) is -0.490. The van der Waals surface area contributed by atoms with Gasteiger partial charge in [0, 0.05) is 56.8 Å². The van der Waals surface area contributed by atoms with E-state index in [1.54, 1.807) is 25.1 Å². The molecule has 2 saturated heterocycles. The fraction of sp³-hybridized carbons (Fsp3) is 0.500. The van der Waals surface area contributed by atoms with Crippen LogP contribution in [0.5, 0.6) is 0 Å². The first-order valence-corrected chi connectivity index (χ1v) is 10.4. The molecule has 4 atom stereocenters. The third kappa shape index (κ3) is 2.85. The number of amides is 3. The number of halogens is 1. The summed E-state index contributed by atoms with van der Waals surface area (Å²) >= 11 is 0. The third-order valence-corrected chi connectivity index (χ3v) is 6.97. The minimum atomic E-state index is -1.39. The van der Waals surface area contributed by atoms with Gasteiger partial charge in [0.2, 0.25) is 5.78 Å². The second-order valence-electron chi connectivity index (χ2n) is 8.69. The summed E-state index contributed by atoms with van der Waals surface area (Å²) in [5.74, 6) is -1.38. The minimum Gasteiger partial charge on any atom is -0.380 e. The molecule has 0 saturated carbocycles. The quantitative estimate of drug-likeness (QED) is 0.596. The van der Waals surface area contributed by atoms with Gasteiger partial charge in [0.1, 0.15) is 11.9 Å². The second kappa shape index (κ2) is 7.24. The Labute approximate surface area is 183 Å². The topological polar surface area (TPSA) is 125 Å². The SMILES string of the molecule is CNC(=O)N1CC2CN(C(=O)C(=O)C3=CNC4C(n5ccnn5)=NC=C(F)C34C)CC2C1. The van der Waals surface area contributed by atoms with Crippen LogP contribution >= 0.6 is 0 Å². The van der Waals surface area contributed by atoms with Gasteiger partial charge in [-0.25, -0.2) is 18.9 Å². The number of likely N-dealkylation sites (tertiary alicyclic amines) is 2. The predicted molar refractivity (Wildman–Crippen MR) is 110 cm³/mol. The van der Waals surface area contributed by atoms with E-state index in [-0.39, 0.29) is 23.4 Å². The molecule has 0 aliphatic carbocycles. The van der Waals surface area contributed by atoms with Crippen molar-refractivity contribution in [3.05, 3.63) is 36.2 Å². The van der Waals surface area contributed by atoms with Crippen molar-refractivity contribution in [2.75, 3.05) is 33.2 Å². The molecule has 1 aromatic rings. The van der Waals surface area contributed by atoms with Crippen LogP contribution < -0.4 is 10.6 Å². The van der Waals surface area contributed by atoms with Gasteiger partial charge < -0.3 is 20.4 Å². The number of carbonyl (C=O) groups is 3. The molecular weight excluding hydrogens is 419 g/mol. The summed E-state index contributed by atoms with van der Waals surface area (Å²) in [6.07, 6.45) is 5.51. The van der Waals surface area contributed by atoms with Gasteiger partial charge in [0.25, 0.3) is 5.91 Å². The lowest BCUT2D eigenvalue weighted by Gasteiger charge is -2.34. The first-order valence-electron chi connectivity index (χ1n) is 10.4. The maximum Gasteiger partial charge on any atom is 0.317 e. The van der Waals surface area contributed by atoms with Crippen LogP contribution in [0.1, 0.15) is 6.92 Å². The van der Waals surface area contributed by atoms with E-state index in [9.17, 15) is 14.4 Å². The fourth-order valence-electron chi connectivity index (χ4n) is 5.13. The number of rotatable bonds is 2. The molecule has 2 N–H and O–H groups in total. The molecule has 0 aromatic carbocycles. The van der Waals surface area contributed by atoms with Crippen LogP contribution in [0, 0.1) is 17.3 Å². The highest BCUT2D eigenvalue weighted by Crippen LogP contribution is 2.46. The number of urea groups is 1. The van der Waals surface area contributed by atoms with Crippen LogP contribution in [0.2, 0.25) is 0 Å². The molecule has 168 valence electrons. The van der Waals surface area contributed by atoms with Crippen LogP contribution in [0.15, 0.2) is 41.2 Å². The lowest BCUT2D eigenvalue weighted by atomic mass is 9.73. The number of hydrogen-bond donors (Lipinski definition) is 2. The first kappa shape index (κ1) is 20.3. The van der Waals surface area contributed by atoms with E-state index >= 15 is 4.39 Å². The summed E-state index contributed by atoms with van der Waals surface area (Å²) in [6, 6.07) is -0.848. The van der Waals surface area contributed by atoms with E-state index in [2.05, 4.69) is 25.9 Å². The van der Waals surface area contributed by atoms with E-state index in [4.69, 9.17) is 0 Å². The first-order chi connectivity index (χ1) is 15.3. The summed E-state index contributed by atoms with van der Waals surface area (Å²) in [5.41, 5.74) is -1.33. The van der Waals surface area contributed by atoms with E-state index in [0.29, 0.717) is 32.0 Å². The zero-order valence-electron chi connectivity index (χ0n) is 17.7. The van der Waals surface area contributed by atoms with Crippen molar-refractivity contribution in [3.8, 4) is 0 Å². The molecule has 3 amide bonds. The molecule has 0 spiro atoms. The Balaban J connectivity index is 1.32. The number of aliphatic imine (C=N–C) groups is 1. The van der Waals surface area contributed by atoms with Gasteiger partial charge in [0.15, 0.2) is 5.84 Å². The molecule has 2 fully saturated rings. The van der Waals surface area contributed by atoms with Gasteiger partial charge in [-0.2, -0.15) is 0 Å². The van der Waals surface area contributed by atoms with Crippen LogP contribution in [-0.2, 0) is 9.59 Å². The number of hydrogen-bond acceptors (Lipinski definition) is 7. The molecule has 12 heteroatoms. The van der Waals surface area contributed by atoms with Crippen LogP contribution in [0.3, 0.4) is 0 Å². The molecule has 4 unspecified atom stereocenters. The van der Waals surface area contributed by atoms with E-state index in [1.807, 2.05) is 0 Å². The molecule has 4 aliphatic heterocycles. The Morgan fingerprint density at radius 2 is 1.88 bits per heavy atom. The zero-order valence-corrected chi connectivity index (χ0v) is 17.7. The number of Topliss-reactive ketones (excluding diaryl/α,β-unsaturated/α-hetero) is 1. The van der Waals surface area contributed by atoms with Crippen LogP contribution in [0.25, 0.3) is 0 Å². The van der Waals surface area contributed by atoms with Crippen molar-refractivity contribution in [3.63, 3.8) is 0 Å². The van der Waals surface area contributed by atoms with Gasteiger partial charge in [-0.3, -0.25) is 9.59 Å². The maximum atomic E-state index is 15.0. The van der Waals surface area contributed by atoms with Gasteiger partial charge in [-0.05, 0) is 6.92 Å². The molecule has 0 bridgehead atoms. The fourth-order valence-corrected chi connectivity index (χ4v) is 5.13. The standard InChI is InChI=1S/C20H23FN8O3/c1-20-13(5-23-16(20)17(24-6-14(20)21)29-4-3-25-26-29)15(30)18(31)27-7-11-9-28(19(32)22-2)10-12(11)8-27/h3-6,11-12,16,23H,7-10H2,1-2H3,(H,22,32). The number of ketones is 1.